The van der Waals surface area contributed by atoms with Crippen molar-refractivity contribution in [2.24, 2.45) is 5.73 Å². The van der Waals surface area contributed by atoms with E-state index in [4.69, 9.17) is 10.5 Å². The topological polar surface area (TPSA) is 47.3 Å². The standard InChI is InChI=1S/C12H20N2O/c1-2-14-8-12(13)10-15-9-11-6-4-3-5-7-11/h3-7,12,14H,2,8-10,13H2,1H3/t12-/m1/s1. The second kappa shape index (κ2) is 7.40. The highest BCUT2D eigenvalue weighted by atomic mass is 16.5. The zero-order valence-corrected chi connectivity index (χ0v) is 9.28. The summed E-state index contributed by atoms with van der Waals surface area (Å²) < 4.78 is 5.51. The van der Waals surface area contributed by atoms with Gasteiger partial charge in [-0.15, -0.1) is 0 Å². The third-order valence-electron chi connectivity index (χ3n) is 2.10. The third kappa shape index (κ3) is 5.52. The summed E-state index contributed by atoms with van der Waals surface area (Å²) in [7, 11) is 0. The molecule has 15 heavy (non-hydrogen) atoms. The van der Waals surface area contributed by atoms with Gasteiger partial charge >= 0.3 is 0 Å². The lowest BCUT2D eigenvalue weighted by atomic mass is 10.2. The number of nitrogens with one attached hydrogen (secondary N) is 1. The zero-order valence-electron chi connectivity index (χ0n) is 9.28. The molecule has 0 unspecified atom stereocenters. The van der Waals surface area contributed by atoms with Gasteiger partial charge in [0.2, 0.25) is 0 Å². The first-order valence-electron chi connectivity index (χ1n) is 5.41. The van der Waals surface area contributed by atoms with Crippen LogP contribution in [0.15, 0.2) is 30.3 Å². The van der Waals surface area contributed by atoms with Gasteiger partial charge in [0.1, 0.15) is 0 Å². The van der Waals surface area contributed by atoms with Gasteiger partial charge in [-0.2, -0.15) is 0 Å². The summed E-state index contributed by atoms with van der Waals surface area (Å²) in [6.07, 6.45) is 0. The van der Waals surface area contributed by atoms with E-state index in [1.807, 2.05) is 18.2 Å². The molecule has 0 radical (unpaired) electrons. The predicted molar refractivity (Wildman–Crippen MR) is 62.6 cm³/mol. The summed E-state index contributed by atoms with van der Waals surface area (Å²) in [6.45, 7) is 5.07. The van der Waals surface area contributed by atoms with Gasteiger partial charge in [-0.05, 0) is 12.1 Å². The van der Waals surface area contributed by atoms with Crippen LogP contribution in [0.2, 0.25) is 0 Å². The second-order valence-electron chi connectivity index (χ2n) is 3.57. The Labute approximate surface area is 91.6 Å². The fourth-order valence-corrected chi connectivity index (χ4v) is 1.29. The Morgan fingerprint density at radius 3 is 2.73 bits per heavy atom. The Kier molecular flexibility index (Phi) is 6.00. The first-order chi connectivity index (χ1) is 7.33. The quantitative estimate of drug-likeness (QED) is 0.706. The molecule has 3 heteroatoms. The Bertz CT molecular complexity index is 251. The van der Waals surface area contributed by atoms with Gasteiger partial charge in [0.05, 0.1) is 13.2 Å². The molecule has 0 heterocycles. The number of hydrogen-bond donors (Lipinski definition) is 2. The van der Waals surface area contributed by atoms with Crippen LogP contribution in [0.5, 0.6) is 0 Å². The summed E-state index contributed by atoms with van der Waals surface area (Å²) in [5.74, 6) is 0. The van der Waals surface area contributed by atoms with Crippen LogP contribution in [0.4, 0.5) is 0 Å². The lowest BCUT2D eigenvalue weighted by Crippen LogP contribution is -2.37. The van der Waals surface area contributed by atoms with E-state index in [0.717, 1.165) is 13.1 Å². The Balaban J connectivity index is 2.11. The number of rotatable bonds is 7. The van der Waals surface area contributed by atoms with Crippen molar-refractivity contribution < 1.29 is 4.74 Å². The average molecular weight is 208 g/mol. The molecule has 1 rings (SSSR count). The van der Waals surface area contributed by atoms with Crippen molar-refractivity contribution in [3.63, 3.8) is 0 Å². The van der Waals surface area contributed by atoms with E-state index in [0.29, 0.717) is 13.2 Å². The SMILES string of the molecule is CCNC[C@@H](N)COCc1ccccc1. The molecule has 0 saturated carbocycles. The highest BCUT2D eigenvalue weighted by Gasteiger charge is 2.01. The van der Waals surface area contributed by atoms with Crippen molar-refractivity contribution in [2.45, 2.75) is 19.6 Å². The second-order valence-corrected chi connectivity index (χ2v) is 3.57. The molecule has 0 saturated heterocycles. The molecule has 1 aromatic rings. The molecule has 0 bridgehead atoms. The average Bonchev–Trinajstić information content (AvgIpc) is 2.28. The number of benzene rings is 1. The Morgan fingerprint density at radius 1 is 1.33 bits per heavy atom. The lowest BCUT2D eigenvalue weighted by Gasteiger charge is -2.12. The van der Waals surface area contributed by atoms with E-state index in [-0.39, 0.29) is 6.04 Å². The first kappa shape index (κ1) is 12.2. The molecule has 0 aliphatic rings. The van der Waals surface area contributed by atoms with E-state index in [9.17, 15) is 0 Å². The molecule has 0 fully saturated rings. The molecule has 0 aliphatic heterocycles. The van der Waals surface area contributed by atoms with Gasteiger partial charge in [0.15, 0.2) is 0 Å². The van der Waals surface area contributed by atoms with Crippen molar-refractivity contribution in [3.05, 3.63) is 35.9 Å². The largest absolute Gasteiger partial charge is 0.375 e. The lowest BCUT2D eigenvalue weighted by molar-refractivity contribution is 0.107. The van der Waals surface area contributed by atoms with E-state index in [1.165, 1.54) is 5.56 Å². The molecule has 1 aromatic carbocycles. The molecule has 0 aromatic heterocycles. The van der Waals surface area contributed by atoms with Crippen molar-refractivity contribution in [3.8, 4) is 0 Å². The van der Waals surface area contributed by atoms with Gasteiger partial charge in [-0.1, -0.05) is 37.3 Å². The van der Waals surface area contributed by atoms with Crippen LogP contribution in [0.3, 0.4) is 0 Å². The summed E-state index contributed by atoms with van der Waals surface area (Å²) in [6, 6.07) is 10.2. The van der Waals surface area contributed by atoms with Gasteiger partial charge in [0, 0.05) is 12.6 Å². The number of nitrogens with two attached hydrogens (primary N) is 1. The van der Waals surface area contributed by atoms with Crippen LogP contribution >= 0.6 is 0 Å². The van der Waals surface area contributed by atoms with E-state index in [2.05, 4.69) is 24.4 Å². The highest BCUT2D eigenvalue weighted by molar-refractivity contribution is 5.13. The van der Waals surface area contributed by atoms with Crippen molar-refractivity contribution >= 4 is 0 Å². The van der Waals surface area contributed by atoms with E-state index < -0.39 is 0 Å². The summed E-state index contributed by atoms with van der Waals surface area (Å²) >= 11 is 0. The maximum atomic E-state index is 5.84. The summed E-state index contributed by atoms with van der Waals surface area (Å²) in [4.78, 5) is 0. The maximum Gasteiger partial charge on any atom is 0.0717 e. The van der Waals surface area contributed by atoms with Crippen LogP contribution in [0.25, 0.3) is 0 Å². The Morgan fingerprint density at radius 2 is 2.07 bits per heavy atom. The molecule has 1 atom stereocenters. The fraction of sp³-hybridized carbons (Fsp3) is 0.500. The highest BCUT2D eigenvalue weighted by Crippen LogP contribution is 2.00. The first-order valence-corrected chi connectivity index (χ1v) is 5.41. The van der Waals surface area contributed by atoms with Crippen LogP contribution in [-0.2, 0) is 11.3 Å². The number of likely N-dealkylation sites (N-methyl/N-ethyl adjacent to an activating group) is 1. The molecule has 0 spiro atoms. The van der Waals surface area contributed by atoms with Gasteiger partial charge < -0.3 is 15.8 Å². The van der Waals surface area contributed by atoms with Crippen LogP contribution < -0.4 is 11.1 Å². The summed E-state index contributed by atoms with van der Waals surface area (Å²) in [5, 5.41) is 3.19. The van der Waals surface area contributed by atoms with Crippen LogP contribution in [0.1, 0.15) is 12.5 Å². The van der Waals surface area contributed by atoms with Gasteiger partial charge in [-0.25, -0.2) is 0 Å². The van der Waals surface area contributed by atoms with Gasteiger partial charge in [-0.3, -0.25) is 0 Å². The molecule has 0 aliphatic carbocycles. The molecule has 3 N–H and O–H groups in total. The van der Waals surface area contributed by atoms with E-state index >= 15 is 0 Å². The Hall–Kier alpha value is -0.900. The monoisotopic (exact) mass is 208 g/mol. The van der Waals surface area contributed by atoms with Gasteiger partial charge in [0.25, 0.3) is 0 Å². The minimum atomic E-state index is 0.0775. The van der Waals surface area contributed by atoms with Crippen LogP contribution in [-0.4, -0.2) is 25.7 Å². The van der Waals surface area contributed by atoms with E-state index in [1.54, 1.807) is 0 Å². The molecular weight excluding hydrogens is 188 g/mol. The number of hydrogen-bond acceptors (Lipinski definition) is 3. The van der Waals surface area contributed by atoms with Crippen molar-refractivity contribution in [2.75, 3.05) is 19.7 Å². The predicted octanol–water partition coefficient (Wildman–Crippen LogP) is 1.14. The number of ether oxygens (including phenoxy) is 1. The smallest absolute Gasteiger partial charge is 0.0717 e. The molecule has 0 amide bonds. The third-order valence-corrected chi connectivity index (χ3v) is 2.10. The molecule has 3 nitrogen and oxygen atoms in total. The minimum absolute atomic E-state index is 0.0775. The molecular formula is C12H20N2O. The van der Waals surface area contributed by atoms with Crippen molar-refractivity contribution in [1.82, 2.24) is 5.32 Å². The van der Waals surface area contributed by atoms with Crippen LogP contribution in [0, 0.1) is 0 Å². The summed E-state index contributed by atoms with van der Waals surface area (Å²) in [5.41, 5.74) is 7.02. The normalized spacial score (nSPS) is 12.7. The zero-order chi connectivity index (χ0) is 10.9. The fourth-order valence-electron chi connectivity index (χ4n) is 1.29. The molecule has 84 valence electrons. The van der Waals surface area contributed by atoms with Crippen molar-refractivity contribution in [1.29, 1.82) is 0 Å². The maximum absolute atomic E-state index is 5.84. The minimum Gasteiger partial charge on any atom is -0.375 e.